The maximum atomic E-state index is 11.3. The molecule has 5 heteroatoms. The Morgan fingerprint density at radius 3 is 2.88 bits per heavy atom. The van der Waals surface area contributed by atoms with Gasteiger partial charge < -0.3 is 19.6 Å². The Kier molecular flexibility index (Phi) is 4.72. The molecule has 0 atom stereocenters. The van der Waals surface area contributed by atoms with Crippen molar-refractivity contribution in [3.05, 3.63) is 23.7 Å². The quantitative estimate of drug-likeness (QED) is 0.732. The summed E-state index contributed by atoms with van der Waals surface area (Å²) in [5.74, 6) is -0.255. The highest BCUT2D eigenvalue weighted by molar-refractivity contribution is 5.87. The van der Waals surface area contributed by atoms with E-state index in [9.17, 15) is 4.79 Å². The number of nitrogens with one attached hydrogen (secondary N) is 1. The van der Waals surface area contributed by atoms with E-state index in [0.29, 0.717) is 13.1 Å². The standard InChI is InChI=1S/C12H19NO4/c1-12(2,8-14)7-13-6-9-4-5-17-10(9)11(15)16-3/h4-5,13-14H,6-8H2,1-3H3. The molecule has 0 fully saturated rings. The molecular formula is C12H19NO4. The summed E-state index contributed by atoms with van der Waals surface area (Å²) in [7, 11) is 1.32. The van der Waals surface area contributed by atoms with E-state index in [0.717, 1.165) is 5.56 Å². The van der Waals surface area contributed by atoms with E-state index >= 15 is 0 Å². The maximum absolute atomic E-state index is 11.3. The molecule has 0 spiro atoms. The minimum absolute atomic E-state index is 0.106. The zero-order chi connectivity index (χ0) is 12.9. The van der Waals surface area contributed by atoms with E-state index in [1.165, 1.54) is 13.4 Å². The number of furan rings is 1. The van der Waals surface area contributed by atoms with Gasteiger partial charge in [0.25, 0.3) is 0 Å². The van der Waals surface area contributed by atoms with Gasteiger partial charge in [0.05, 0.1) is 13.4 Å². The van der Waals surface area contributed by atoms with Crippen molar-refractivity contribution >= 4 is 5.97 Å². The molecule has 0 amide bonds. The predicted octanol–water partition coefficient (Wildman–Crippen LogP) is 1.17. The van der Waals surface area contributed by atoms with Crippen molar-refractivity contribution < 1.29 is 19.1 Å². The molecule has 2 N–H and O–H groups in total. The molecule has 0 unspecified atom stereocenters. The second-order valence-electron chi connectivity index (χ2n) is 4.69. The summed E-state index contributed by atoms with van der Waals surface area (Å²) in [4.78, 5) is 11.3. The average Bonchev–Trinajstić information content (AvgIpc) is 2.76. The SMILES string of the molecule is COC(=O)c1occc1CNCC(C)(C)CO. The highest BCUT2D eigenvalue weighted by Crippen LogP contribution is 2.14. The predicted molar refractivity (Wildman–Crippen MR) is 62.6 cm³/mol. The number of aliphatic hydroxyl groups excluding tert-OH is 1. The monoisotopic (exact) mass is 241 g/mol. The number of carbonyl (C=O) groups excluding carboxylic acids is 1. The number of hydrogen-bond donors (Lipinski definition) is 2. The lowest BCUT2D eigenvalue weighted by Gasteiger charge is -2.21. The van der Waals surface area contributed by atoms with Crippen molar-refractivity contribution in [1.82, 2.24) is 5.32 Å². The second-order valence-corrected chi connectivity index (χ2v) is 4.69. The van der Waals surface area contributed by atoms with E-state index in [-0.39, 0.29) is 17.8 Å². The molecule has 1 aromatic rings. The van der Waals surface area contributed by atoms with Crippen LogP contribution in [-0.2, 0) is 11.3 Å². The third-order valence-electron chi connectivity index (χ3n) is 2.46. The van der Waals surface area contributed by atoms with Crippen LogP contribution in [0.2, 0.25) is 0 Å². The zero-order valence-corrected chi connectivity index (χ0v) is 10.4. The summed E-state index contributed by atoms with van der Waals surface area (Å²) < 4.78 is 9.67. The fourth-order valence-electron chi connectivity index (χ4n) is 1.34. The Bertz CT molecular complexity index is 370. The van der Waals surface area contributed by atoms with Gasteiger partial charge >= 0.3 is 5.97 Å². The molecular weight excluding hydrogens is 222 g/mol. The lowest BCUT2D eigenvalue weighted by molar-refractivity contribution is 0.0563. The zero-order valence-electron chi connectivity index (χ0n) is 10.4. The van der Waals surface area contributed by atoms with Crippen molar-refractivity contribution in [1.29, 1.82) is 0 Å². The Balaban J connectivity index is 2.53. The summed E-state index contributed by atoms with van der Waals surface area (Å²) >= 11 is 0. The third-order valence-corrected chi connectivity index (χ3v) is 2.46. The number of carbonyl (C=O) groups is 1. The van der Waals surface area contributed by atoms with E-state index in [2.05, 4.69) is 10.1 Å². The van der Waals surface area contributed by atoms with Crippen LogP contribution in [0.3, 0.4) is 0 Å². The summed E-state index contributed by atoms with van der Waals surface area (Å²) in [6.07, 6.45) is 1.46. The molecule has 0 saturated heterocycles. The van der Waals surface area contributed by atoms with Crippen LogP contribution in [0.25, 0.3) is 0 Å². The van der Waals surface area contributed by atoms with Crippen LogP contribution in [0.1, 0.15) is 30.0 Å². The second kappa shape index (κ2) is 5.84. The molecule has 0 bridgehead atoms. The van der Waals surface area contributed by atoms with E-state index in [1.54, 1.807) is 6.07 Å². The first-order valence-corrected chi connectivity index (χ1v) is 5.46. The Morgan fingerprint density at radius 1 is 1.59 bits per heavy atom. The van der Waals surface area contributed by atoms with Gasteiger partial charge in [0, 0.05) is 30.7 Å². The maximum Gasteiger partial charge on any atom is 0.374 e. The molecule has 96 valence electrons. The van der Waals surface area contributed by atoms with Crippen molar-refractivity contribution in [3.63, 3.8) is 0 Å². The van der Waals surface area contributed by atoms with Crippen molar-refractivity contribution in [2.24, 2.45) is 5.41 Å². The van der Waals surface area contributed by atoms with Gasteiger partial charge in [-0.25, -0.2) is 4.79 Å². The fourth-order valence-corrected chi connectivity index (χ4v) is 1.34. The smallest absolute Gasteiger partial charge is 0.374 e. The number of hydrogen-bond acceptors (Lipinski definition) is 5. The molecule has 0 aliphatic heterocycles. The number of ether oxygens (including phenoxy) is 1. The van der Waals surface area contributed by atoms with Gasteiger partial charge in [0.15, 0.2) is 0 Å². The average molecular weight is 241 g/mol. The van der Waals surface area contributed by atoms with Crippen LogP contribution in [0.4, 0.5) is 0 Å². The minimum Gasteiger partial charge on any atom is -0.463 e. The molecule has 0 aromatic carbocycles. The lowest BCUT2D eigenvalue weighted by atomic mass is 9.95. The van der Waals surface area contributed by atoms with E-state index in [1.807, 2.05) is 13.8 Å². The molecule has 1 aromatic heterocycles. The highest BCUT2D eigenvalue weighted by atomic mass is 16.5. The van der Waals surface area contributed by atoms with Crippen LogP contribution in [0.5, 0.6) is 0 Å². The van der Waals surface area contributed by atoms with Gasteiger partial charge in [0.2, 0.25) is 5.76 Å². The summed E-state index contributed by atoms with van der Waals surface area (Å²) in [6, 6.07) is 1.73. The highest BCUT2D eigenvalue weighted by Gasteiger charge is 2.18. The first-order chi connectivity index (χ1) is 8.00. The van der Waals surface area contributed by atoms with Gasteiger partial charge in [-0.3, -0.25) is 0 Å². The number of esters is 1. The molecule has 1 heterocycles. The third kappa shape index (κ3) is 3.87. The molecule has 0 radical (unpaired) electrons. The topological polar surface area (TPSA) is 71.7 Å². The molecule has 1 rings (SSSR count). The number of aliphatic hydroxyl groups is 1. The molecule has 0 aliphatic carbocycles. The Labute approximate surface area is 101 Å². The summed E-state index contributed by atoms with van der Waals surface area (Å²) in [5, 5.41) is 12.3. The van der Waals surface area contributed by atoms with Gasteiger partial charge in [-0.15, -0.1) is 0 Å². The van der Waals surface area contributed by atoms with Crippen LogP contribution >= 0.6 is 0 Å². The first kappa shape index (κ1) is 13.7. The first-order valence-electron chi connectivity index (χ1n) is 5.46. The van der Waals surface area contributed by atoms with Crippen LogP contribution in [0.15, 0.2) is 16.7 Å². The molecule has 5 nitrogen and oxygen atoms in total. The summed E-state index contributed by atoms with van der Waals surface area (Å²) in [6.45, 7) is 5.17. The van der Waals surface area contributed by atoms with Crippen molar-refractivity contribution in [2.45, 2.75) is 20.4 Å². The van der Waals surface area contributed by atoms with Gasteiger partial charge in [-0.05, 0) is 6.07 Å². The van der Waals surface area contributed by atoms with Crippen molar-refractivity contribution in [2.75, 3.05) is 20.3 Å². The molecule has 17 heavy (non-hydrogen) atoms. The van der Waals surface area contributed by atoms with Crippen molar-refractivity contribution in [3.8, 4) is 0 Å². The van der Waals surface area contributed by atoms with Crippen LogP contribution in [0, 0.1) is 5.41 Å². The lowest BCUT2D eigenvalue weighted by Crippen LogP contribution is -2.32. The Morgan fingerprint density at radius 2 is 2.29 bits per heavy atom. The van der Waals surface area contributed by atoms with Gasteiger partial charge in [-0.1, -0.05) is 13.8 Å². The van der Waals surface area contributed by atoms with Crippen LogP contribution in [-0.4, -0.2) is 31.3 Å². The molecule has 0 saturated carbocycles. The largest absolute Gasteiger partial charge is 0.463 e. The van der Waals surface area contributed by atoms with E-state index in [4.69, 9.17) is 9.52 Å². The van der Waals surface area contributed by atoms with E-state index < -0.39 is 5.97 Å². The summed E-state index contributed by atoms with van der Waals surface area (Å²) in [5.41, 5.74) is 0.570. The van der Waals surface area contributed by atoms with Gasteiger partial charge in [0.1, 0.15) is 0 Å². The fraction of sp³-hybridized carbons (Fsp3) is 0.583. The minimum atomic E-state index is -0.479. The number of methoxy groups -OCH3 is 1. The Hall–Kier alpha value is -1.33. The molecule has 0 aliphatic rings. The van der Waals surface area contributed by atoms with Crippen LogP contribution < -0.4 is 5.32 Å². The number of rotatable bonds is 6. The normalized spacial score (nSPS) is 11.5. The van der Waals surface area contributed by atoms with Gasteiger partial charge in [-0.2, -0.15) is 0 Å².